The summed E-state index contributed by atoms with van der Waals surface area (Å²) in [5.41, 5.74) is 3.75. The van der Waals surface area contributed by atoms with Gasteiger partial charge in [-0.25, -0.2) is 0 Å². The van der Waals surface area contributed by atoms with Gasteiger partial charge in [-0.3, -0.25) is 0 Å². The lowest BCUT2D eigenvalue weighted by atomic mass is 10.0. The van der Waals surface area contributed by atoms with E-state index in [1.807, 2.05) is 0 Å². The molecule has 104 valence electrons. The zero-order valence-corrected chi connectivity index (χ0v) is 12.4. The molecule has 0 amide bonds. The lowest BCUT2D eigenvalue weighted by molar-refractivity contribution is 1.51. The van der Waals surface area contributed by atoms with Crippen LogP contribution in [0.1, 0.15) is 5.56 Å². The fourth-order valence-electron chi connectivity index (χ4n) is 3.58. The van der Waals surface area contributed by atoms with Gasteiger partial charge in [-0.1, -0.05) is 66.2 Å². The number of rotatable bonds is 0. The monoisotopic (exact) mass is 281 g/mol. The number of nitrogens with one attached hydrogen (secondary N) is 1. The number of fused-ring (bicyclic) bond motifs is 7. The van der Waals surface area contributed by atoms with Gasteiger partial charge >= 0.3 is 0 Å². The summed E-state index contributed by atoms with van der Waals surface area (Å²) in [5, 5.41) is 7.84. The van der Waals surface area contributed by atoms with Gasteiger partial charge in [0.05, 0.1) is 5.52 Å². The molecule has 0 unspecified atom stereocenters. The van der Waals surface area contributed by atoms with E-state index in [1.54, 1.807) is 0 Å². The summed E-state index contributed by atoms with van der Waals surface area (Å²) >= 11 is 0. The molecule has 5 aromatic rings. The van der Waals surface area contributed by atoms with Crippen LogP contribution >= 0.6 is 0 Å². The smallest absolute Gasteiger partial charge is 0.0544 e. The van der Waals surface area contributed by atoms with Crippen LogP contribution in [0.3, 0.4) is 0 Å². The van der Waals surface area contributed by atoms with E-state index < -0.39 is 0 Å². The standard InChI is InChI=1S/C21H15N/c1-13-6-7-15-9-11-19-20(18(15)12-13)17-10-8-14-4-2-3-5-16(14)21(17)22-19/h2-12,22H,1H3. The molecule has 0 bridgehead atoms. The second-order valence-electron chi connectivity index (χ2n) is 6.05. The van der Waals surface area contributed by atoms with Gasteiger partial charge in [0.2, 0.25) is 0 Å². The molecule has 0 aliphatic carbocycles. The Balaban J connectivity index is 2.09. The lowest BCUT2D eigenvalue weighted by Gasteiger charge is -2.02. The van der Waals surface area contributed by atoms with Crippen molar-refractivity contribution in [3.05, 3.63) is 72.3 Å². The minimum atomic E-state index is 1.21. The second kappa shape index (κ2) is 4.11. The molecule has 1 heterocycles. The van der Waals surface area contributed by atoms with Crippen molar-refractivity contribution in [2.75, 3.05) is 0 Å². The molecule has 1 N–H and O–H groups in total. The van der Waals surface area contributed by atoms with E-state index in [0.717, 1.165) is 0 Å². The van der Waals surface area contributed by atoms with Gasteiger partial charge in [0.25, 0.3) is 0 Å². The van der Waals surface area contributed by atoms with Crippen molar-refractivity contribution >= 4 is 43.4 Å². The van der Waals surface area contributed by atoms with Crippen molar-refractivity contribution < 1.29 is 0 Å². The normalized spacial score (nSPS) is 11.9. The number of hydrogen-bond donors (Lipinski definition) is 1. The molecule has 1 heteroatoms. The van der Waals surface area contributed by atoms with E-state index >= 15 is 0 Å². The Morgan fingerprint density at radius 3 is 2.41 bits per heavy atom. The molecule has 0 saturated carbocycles. The number of aromatic amines is 1. The summed E-state index contributed by atoms with van der Waals surface area (Å²) in [6.45, 7) is 2.16. The van der Waals surface area contributed by atoms with E-state index in [9.17, 15) is 0 Å². The molecule has 5 rings (SSSR count). The van der Waals surface area contributed by atoms with Crippen LogP contribution in [0.15, 0.2) is 66.7 Å². The molecule has 0 spiro atoms. The first-order chi connectivity index (χ1) is 10.8. The van der Waals surface area contributed by atoms with Crippen LogP contribution in [0.2, 0.25) is 0 Å². The average molecular weight is 281 g/mol. The molecule has 0 atom stereocenters. The molecular weight excluding hydrogens is 266 g/mol. The Hall–Kier alpha value is -2.80. The summed E-state index contributed by atoms with van der Waals surface area (Å²) in [4.78, 5) is 3.63. The molecular formula is C21H15N. The first kappa shape index (κ1) is 11.8. The summed E-state index contributed by atoms with van der Waals surface area (Å²) in [6.07, 6.45) is 0. The van der Waals surface area contributed by atoms with Gasteiger partial charge in [0.1, 0.15) is 0 Å². The summed E-state index contributed by atoms with van der Waals surface area (Å²) in [5.74, 6) is 0. The predicted octanol–water partition coefficient (Wildman–Crippen LogP) is 5.94. The highest BCUT2D eigenvalue weighted by molar-refractivity contribution is 6.24. The van der Waals surface area contributed by atoms with Gasteiger partial charge in [-0.05, 0) is 29.1 Å². The Morgan fingerprint density at radius 1 is 0.682 bits per heavy atom. The molecule has 22 heavy (non-hydrogen) atoms. The summed E-state index contributed by atoms with van der Waals surface area (Å²) in [7, 11) is 0. The van der Waals surface area contributed by atoms with Crippen LogP contribution in [0.5, 0.6) is 0 Å². The van der Waals surface area contributed by atoms with Crippen LogP contribution in [-0.2, 0) is 0 Å². The van der Waals surface area contributed by atoms with Crippen LogP contribution < -0.4 is 0 Å². The highest BCUT2D eigenvalue weighted by Crippen LogP contribution is 2.35. The minimum absolute atomic E-state index is 1.21. The van der Waals surface area contributed by atoms with Crippen molar-refractivity contribution in [3.63, 3.8) is 0 Å². The van der Waals surface area contributed by atoms with E-state index in [-0.39, 0.29) is 0 Å². The molecule has 1 aromatic heterocycles. The van der Waals surface area contributed by atoms with Gasteiger partial charge in [-0.15, -0.1) is 0 Å². The number of aryl methyl sites for hydroxylation is 1. The molecule has 0 fully saturated rings. The fourth-order valence-corrected chi connectivity index (χ4v) is 3.58. The fraction of sp³-hybridized carbons (Fsp3) is 0.0476. The third-order valence-electron chi connectivity index (χ3n) is 4.64. The highest BCUT2D eigenvalue weighted by atomic mass is 14.7. The number of aromatic nitrogens is 1. The van der Waals surface area contributed by atoms with Crippen LogP contribution in [0.4, 0.5) is 0 Å². The second-order valence-corrected chi connectivity index (χ2v) is 6.05. The molecule has 4 aromatic carbocycles. The van der Waals surface area contributed by atoms with E-state index in [2.05, 4.69) is 78.6 Å². The maximum absolute atomic E-state index is 3.63. The third kappa shape index (κ3) is 1.48. The first-order valence-electron chi connectivity index (χ1n) is 7.64. The Labute approximate surface area is 128 Å². The van der Waals surface area contributed by atoms with Crippen molar-refractivity contribution in [1.82, 2.24) is 4.98 Å². The number of benzene rings is 4. The van der Waals surface area contributed by atoms with Crippen LogP contribution in [0, 0.1) is 6.92 Å². The largest absolute Gasteiger partial charge is 0.354 e. The van der Waals surface area contributed by atoms with Gasteiger partial charge < -0.3 is 4.98 Å². The topological polar surface area (TPSA) is 15.8 Å². The van der Waals surface area contributed by atoms with E-state index in [1.165, 1.54) is 48.9 Å². The van der Waals surface area contributed by atoms with Crippen molar-refractivity contribution in [3.8, 4) is 0 Å². The molecule has 0 aliphatic rings. The quantitative estimate of drug-likeness (QED) is 0.362. The minimum Gasteiger partial charge on any atom is -0.354 e. The maximum atomic E-state index is 3.63. The van der Waals surface area contributed by atoms with Crippen molar-refractivity contribution in [2.45, 2.75) is 6.92 Å². The zero-order chi connectivity index (χ0) is 14.7. The molecule has 0 saturated heterocycles. The van der Waals surface area contributed by atoms with Gasteiger partial charge in [0, 0.05) is 21.7 Å². The van der Waals surface area contributed by atoms with Crippen LogP contribution in [0.25, 0.3) is 43.4 Å². The Kier molecular flexibility index (Phi) is 2.21. The average Bonchev–Trinajstić information content (AvgIpc) is 2.94. The Morgan fingerprint density at radius 2 is 1.45 bits per heavy atom. The predicted molar refractivity (Wildman–Crippen MR) is 95.6 cm³/mol. The highest BCUT2D eigenvalue weighted by Gasteiger charge is 2.10. The molecule has 1 nitrogen and oxygen atoms in total. The number of H-pyrrole nitrogens is 1. The van der Waals surface area contributed by atoms with Crippen LogP contribution in [-0.4, -0.2) is 4.98 Å². The lowest BCUT2D eigenvalue weighted by Crippen LogP contribution is -1.77. The SMILES string of the molecule is Cc1ccc2ccc3[nH]c4c5ccccc5ccc4c3c2c1. The van der Waals surface area contributed by atoms with Gasteiger partial charge in [-0.2, -0.15) is 0 Å². The summed E-state index contributed by atoms with van der Waals surface area (Å²) < 4.78 is 0. The van der Waals surface area contributed by atoms with Crippen molar-refractivity contribution in [2.24, 2.45) is 0 Å². The molecule has 0 aliphatic heterocycles. The van der Waals surface area contributed by atoms with Crippen molar-refractivity contribution in [1.29, 1.82) is 0 Å². The third-order valence-corrected chi connectivity index (χ3v) is 4.64. The van der Waals surface area contributed by atoms with E-state index in [0.29, 0.717) is 0 Å². The number of hydrogen-bond acceptors (Lipinski definition) is 0. The Bertz CT molecular complexity index is 1180. The maximum Gasteiger partial charge on any atom is 0.0544 e. The first-order valence-corrected chi connectivity index (χ1v) is 7.64. The molecule has 0 radical (unpaired) electrons. The van der Waals surface area contributed by atoms with Gasteiger partial charge in [0.15, 0.2) is 0 Å². The van der Waals surface area contributed by atoms with E-state index in [4.69, 9.17) is 0 Å². The zero-order valence-electron chi connectivity index (χ0n) is 12.4. The summed E-state index contributed by atoms with van der Waals surface area (Å²) in [6, 6.07) is 24.1.